The highest BCUT2D eigenvalue weighted by molar-refractivity contribution is 5.05. The van der Waals surface area contributed by atoms with Crippen LogP contribution in [0.5, 0.6) is 0 Å². The third-order valence-corrected chi connectivity index (χ3v) is 0.383. The van der Waals surface area contributed by atoms with Crippen LogP contribution in [0.25, 0.3) is 0 Å². The largest absolute Gasteiger partial charge is 0.397 e. The van der Waals surface area contributed by atoms with Crippen molar-refractivity contribution >= 4 is 0 Å². The van der Waals surface area contributed by atoms with Crippen molar-refractivity contribution in [2.75, 3.05) is 6.61 Å². The molecule has 0 bridgehead atoms. The number of aliphatic hydroxyl groups is 1. The lowest BCUT2D eigenvalue weighted by atomic mass is 10.5. The van der Waals surface area contributed by atoms with Gasteiger partial charge in [0.25, 0.3) is 0 Å². The summed E-state index contributed by atoms with van der Waals surface area (Å²) in [7, 11) is 0. The van der Waals surface area contributed by atoms with E-state index >= 15 is 0 Å². The predicted molar refractivity (Wildman–Crippen MR) is 53.6 cm³/mol. The van der Waals surface area contributed by atoms with Crippen molar-refractivity contribution in [1.82, 2.24) is 0 Å². The molecule has 0 aromatic rings. The summed E-state index contributed by atoms with van der Waals surface area (Å²) in [5.41, 5.74) is 0. The lowest BCUT2D eigenvalue weighted by Crippen LogP contribution is -1.57. The number of hydrogen-bond donors (Lipinski definition) is 1. The van der Waals surface area contributed by atoms with E-state index in [9.17, 15) is 0 Å². The molecule has 0 aliphatic heterocycles. The SMILES string of the molecule is C=C/C=C\C=C.CC.CCO. The zero-order valence-electron chi connectivity index (χ0n) is 7.88. The zero-order valence-corrected chi connectivity index (χ0v) is 7.88. The Morgan fingerprint density at radius 2 is 1.27 bits per heavy atom. The molecule has 0 spiro atoms. The average molecular weight is 156 g/mol. The van der Waals surface area contributed by atoms with E-state index < -0.39 is 0 Å². The molecular formula is C10H20O. The molecule has 66 valence electrons. The monoisotopic (exact) mass is 156 g/mol. The molecule has 1 nitrogen and oxygen atoms in total. The predicted octanol–water partition coefficient (Wildman–Crippen LogP) is 2.94. The van der Waals surface area contributed by atoms with Gasteiger partial charge < -0.3 is 5.11 Å². The third kappa shape index (κ3) is 99.6. The molecule has 11 heavy (non-hydrogen) atoms. The zero-order chi connectivity index (χ0) is 9.54. The number of rotatable bonds is 2. The molecule has 0 radical (unpaired) electrons. The summed E-state index contributed by atoms with van der Waals surface area (Å²) in [5, 5.41) is 7.57. The number of aliphatic hydroxyl groups excluding tert-OH is 1. The summed E-state index contributed by atoms with van der Waals surface area (Å²) in [6, 6.07) is 0. The number of hydrogen-bond acceptors (Lipinski definition) is 1. The van der Waals surface area contributed by atoms with E-state index in [0.717, 1.165) is 0 Å². The Bertz CT molecular complexity index is 72.9. The first kappa shape index (κ1) is 16.6. The van der Waals surface area contributed by atoms with Crippen molar-refractivity contribution in [2.45, 2.75) is 20.8 Å². The van der Waals surface area contributed by atoms with E-state index in [0.29, 0.717) is 0 Å². The molecule has 0 unspecified atom stereocenters. The van der Waals surface area contributed by atoms with Gasteiger partial charge >= 0.3 is 0 Å². The van der Waals surface area contributed by atoms with Gasteiger partial charge in [0.05, 0.1) is 0 Å². The molecule has 0 rings (SSSR count). The standard InChI is InChI=1S/C6H8.C2H6O.C2H6/c1-3-5-6-4-2;1-2-3;1-2/h3-6H,1-2H2;3H,2H2,1H3;1-2H3/b6-5-;;. The molecule has 0 saturated carbocycles. The minimum atomic E-state index is 0.250. The summed E-state index contributed by atoms with van der Waals surface area (Å²) in [5.74, 6) is 0. The Morgan fingerprint density at radius 1 is 1.09 bits per heavy atom. The molecule has 0 fully saturated rings. The van der Waals surface area contributed by atoms with Gasteiger partial charge in [-0.05, 0) is 6.92 Å². The summed E-state index contributed by atoms with van der Waals surface area (Å²) in [4.78, 5) is 0. The summed E-state index contributed by atoms with van der Waals surface area (Å²) < 4.78 is 0. The molecule has 0 aliphatic rings. The smallest absolute Gasteiger partial charge is 0.0402 e. The van der Waals surface area contributed by atoms with Crippen LogP contribution >= 0.6 is 0 Å². The molecule has 0 aromatic heterocycles. The maximum absolute atomic E-state index is 7.57. The van der Waals surface area contributed by atoms with E-state index in [1.165, 1.54) is 0 Å². The molecule has 0 aliphatic carbocycles. The van der Waals surface area contributed by atoms with Crippen molar-refractivity contribution in [3.63, 3.8) is 0 Å². The first-order valence-corrected chi connectivity index (χ1v) is 3.84. The van der Waals surface area contributed by atoms with Crippen molar-refractivity contribution in [1.29, 1.82) is 0 Å². The summed E-state index contributed by atoms with van der Waals surface area (Å²) in [6.45, 7) is 12.9. The van der Waals surface area contributed by atoms with Crippen LogP contribution < -0.4 is 0 Å². The van der Waals surface area contributed by atoms with E-state index in [-0.39, 0.29) is 6.61 Å². The van der Waals surface area contributed by atoms with E-state index in [4.69, 9.17) is 5.11 Å². The topological polar surface area (TPSA) is 20.2 Å². The quantitative estimate of drug-likeness (QED) is 0.609. The Kier molecular flexibility index (Phi) is 53.2. The highest BCUT2D eigenvalue weighted by atomic mass is 16.2. The van der Waals surface area contributed by atoms with Gasteiger partial charge in [0.15, 0.2) is 0 Å². The maximum atomic E-state index is 7.57. The van der Waals surface area contributed by atoms with Gasteiger partial charge in [0.1, 0.15) is 0 Å². The molecular weight excluding hydrogens is 136 g/mol. The van der Waals surface area contributed by atoms with Gasteiger partial charge in [-0.25, -0.2) is 0 Å². The molecule has 1 N–H and O–H groups in total. The van der Waals surface area contributed by atoms with Crippen LogP contribution in [0.2, 0.25) is 0 Å². The van der Waals surface area contributed by atoms with Crippen LogP contribution in [0.15, 0.2) is 37.5 Å². The van der Waals surface area contributed by atoms with Crippen LogP contribution in [0.3, 0.4) is 0 Å². The second kappa shape index (κ2) is 35.2. The van der Waals surface area contributed by atoms with Crippen LogP contribution in [-0.4, -0.2) is 11.7 Å². The highest BCUT2D eigenvalue weighted by Gasteiger charge is 1.47. The second-order valence-corrected chi connectivity index (χ2v) is 1.17. The van der Waals surface area contributed by atoms with Crippen molar-refractivity contribution in [3.05, 3.63) is 37.5 Å². The molecule has 0 saturated heterocycles. The first-order valence-electron chi connectivity index (χ1n) is 3.84. The van der Waals surface area contributed by atoms with Crippen LogP contribution in [0, 0.1) is 0 Å². The summed E-state index contributed by atoms with van der Waals surface area (Å²) >= 11 is 0. The molecule has 0 atom stereocenters. The van der Waals surface area contributed by atoms with Crippen molar-refractivity contribution in [3.8, 4) is 0 Å². The lowest BCUT2D eigenvalue weighted by Gasteiger charge is -1.60. The Morgan fingerprint density at radius 3 is 1.36 bits per heavy atom. The van der Waals surface area contributed by atoms with E-state index in [1.807, 2.05) is 26.0 Å². The van der Waals surface area contributed by atoms with Gasteiger partial charge in [-0.1, -0.05) is 51.3 Å². The van der Waals surface area contributed by atoms with Crippen molar-refractivity contribution < 1.29 is 5.11 Å². The maximum Gasteiger partial charge on any atom is 0.0402 e. The Balaban J connectivity index is -0.000000109. The van der Waals surface area contributed by atoms with Gasteiger partial charge in [-0.3, -0.25) is 0 Å². The van der Waals surface area contributed by atoms with Gasteiger partial charge in [-0.2, -0.15) is 0 Å². The van der Waals surface area contributed by atoms with E-state index in [2.05, 4.69) is 13.2 Å². The first-order chi connectivity index (χ1) is 5.33. The Labute approximate surface area is 70.8 Å². The fraction of sp³-hybridized carbons (Fsp3) is 0.400. The Hall–Kier alpha value is -0.820. The van der Waals surface area contributed by atoms with Crippen LogP contribution in [0.4, 0.5) is 0 Å². The normalized spacial score (nSPS) is 6.91. The molecule has 0 heterocycles. The fourth-order valence-corrected chi connectivity index (χ4v) is 0.157. The van der Waals surface area contributed by atoms with Crippen LogP contribution in [-0.2, 0) is 0 Å². The van der Waals surface area contributed by atoms with Crippen molar-refractivity contribution in [2.24, 2.45) is 0 Å². The van der Waals surface area contributed by atoms with Crippen LogP contribution in [0.1, 0.15) is 20.8 Å². The molecule has 0 amide bonds. The number of allylic oxidation sites excluding steroid dienone is 4. The average Bonchev–Trinajstić information content (AvgIpc) is 2.06. The lowest BCUT2D eigenvalue weighted by molar-refractivity contribution is 0.318. The minimum absolute atomic E-state index is 0.250. The van der Waals surface area contributed by atoms with E-state index in [1.54, 1.807) is 19.1 Å². The molecule has 1 heteroatoms. The molecule has 0 aromatic carbocycles. The second-order valence-electron chi connectivity index (χ2n) is 1.17. The minimum Gasteiger partial charge on any atom is -0.397 e. The summed E-state index contributed by atoms with van der Waals surface area (Å²) in [6.07, 6.45) is 7.07. The third-order valence-electron chi connectivity index (χ3n) is 0.383. The fourth-order valence-electron chi connectivity index (χ4n) is 0.157. The van der Waals surface area contributed by atoms with Gasteiger partial charge in [0, 0.05) is 6.61 Å². The highest BCUT2D eigenvalue weighted by Crippen LogP contribution is 1.69. The van der Waals surface area contributed by atoms with Gasteiger partial charge in [-0.15, -0.1) is 0 Å². The van der Waals surface area contributed by atoms with Gasteiger partial charge in [0.2, 0.25) is 0 Å².